The minimum Gasteiger partial charge on any atom is -0.467 e. The Hall–Kier alpha value is -2.74. The minimum atomic E-state index is -3.96. The summed E-state index contributed by atoms with van der Waals surface area (Å²) in [4.78, 5) is 4.31. The molecule has 4 rings (SSSR count). The van der Waals surface area contributed by atoms with Gasteiger partial charge in [0.05, 0.1) is 17.7 Å². The van der Waals surface area contributed by atoms with Gasteiger partial charge in [-0.2, -0.15) is 4.98 Å². The van der Waals surface area contributed by atoms with Gasteiger partial charge in [-0.3, -0.25) is 0 Å². The van der Waals surface area contributed by atoms with Gasteiger partial charge in [0.25, 0.3) is 0 Å². The van der Waals surface area contributed by atoms with Crippen LogP contribution in [0.1, 0.15) is 5.76 Å². The Morgan fingerprint density at radius 3 is 2.21 bits per heavy atom. The molecule has 0 fully saturated rings. The monoisotopic (exact) mass is 448 g/mol. The maximum Gasteiger partial charge on any atom is 0.234 e. The van der Waals surface area contributed by atoms with E-state index < -0.39 is 9.84 Å². The fourth-order valence-corrected chi connectivity index (χ4v) is 4.15. The third-order valence-electron chi connectivity index (χ3n) is 4.07. The number of oxazole rings is 1. The number of benzene rings is 2. The lowest BCUT2D eigenvalue weighted by molar-refractivity contribution is 0.511. The fraction of sp³-hybridized carbons (Fsp3) is 0.0500. The number of furan rings is 1. The Morgan fingerprint density at radius 2 is 1.59 bits per heavy atom. The van der Waals surface area contributed by atoms with E-state index in [1.54, 1.807) is 36.4 Å². The molecule has 0 saturated carbocycles. The average molecular weight is 449 g/mol. The van der Waals surface area contributed by atoms with Gasteiger partial charge in [-0.15, -0.1) is 0 Å². The first kappa shape index (κ1) is 19.6. The molecular weight excluding hydrogens is 435 g/mol. The van der Waals surface area contributed by atoms with E-state index in [4.69, 9.17) is 32.0 Å². The summed E-state index contributed by atoms with van der Waals surface area (Å²) in [5, 5.41) is 3.70. The highest BCUT2D eigenvalue weighted by Crippen LogP contribution is 2.33. The topological polar surface area (TPSA) is 85.3 Å². The van der Waals surface area contributed by atoms with Gasteiger partial charge < -0.3 is 14.2 Å². The molecule has 0 unspecified atom stereocenters. The predicted molar refractivity (Wildman–Crippen MR) is 110 cm³/mol. The number of nitrogens with zero attached hydrogens (tertiary/aromatic N) is 1. The zero-order valence-electron chi connectivity index (χ0n) is 14.8. The summed E-state index contributed by atoms with van der Waals surface area (Å²) in [6, 6.07) is 16.1. The summed E-state index contributed by atoms with van der Waals surface area (Å²) in [7, 11) is -3.96. The van der Waals surface area contributed by atoms with Gasteiger partial charge >= 0.3 is 0 Å². The molecule has 1 N–H and O–H groups in total. The number of anilines is 1. The average Bonchev–Trinajstić information content (AvgIpc) is 3.37. The van der Waals surface area contributed by atoms with Crippen molar-refractivity contribution in [1.82, 2.24) is 4.98 Å². The van der Waals surface area contributed by atoms with Crippen molar-refractivity contribution in [3.05, 3.63) is 82.7 Å². The van der Waals surface area contributed by atoms with E-state index in [0.717, 1.165) is 0 Å². The number of hydrogen-bond acceptors (Lipinski definition) is 6. The van der Waals surface area contributed by atoms with E-state index >= 15 is 0 Å². The van der Waals surface area contributed by atoms with Gasteiger partial charge in [-0.25, -0.2) is 8.42 Å². The van der Waals surface area contributed by atoms with Gasteiger partial charge in [0.15, 0.2) is 0 Å². The number of aromatic nitrogens is 1. The molecule has 29 heavy (non-hydrogen) atoms. The second-order valence-corrected chi connectivity index (χ2v) is 8.79. The zero-order valence-corrected chi connectivity index (χ0v) is 17.1. The van der Waals surface area contributed by atoms with Crippen LogP contribution in [0.3, 0.4) is 0 Å². The van der Waals surface area contributed by atoms with Crippen LogP contribution in [0.5, 0.6) is 0 Å². The molecule has 0 saturated heterocycles. The molecule has 0 radical (unpaired) electrons. The summed E-state index contributed by atoms with van der Waals surface area (Å²) in [5.74, 6) is 0.779. The summed E-state index contributed by atoms with van der Waals surface area (Å²) >= 11 is 11.8. The molecule has 4 aromatic rings. The summed E-state index contributed by atoms with van der Waals surface area (Å²) in [6.07, 6.45) is 1.53. The lowest BCUT2D eigenvalue weighted by Crippen LogP contribution is -2.07. The lowest BCUT2D eigenvalue weighted by Gasteiger charge is -2.05. The van der Waals surface area contributed by atoms with Gasteiger partial charge in [-0.05, 0) is 60.7 Å². The van der Waals surface area contributed by atoms with Gasteiger partial charge in [0, 0.05) is 15.6 Å². The fourth-order valence-electron chi connectivity index (χ4n) is 2.62. The van der Waals surface area contributed by atoms with E-state index in [0.29, 0.717) is 21.4 Å². The Labute approximate surface area is 177 Å². The largest absolute Gasteiger partial charge is 0.467 e. The van der Waals surface area contributed by atoms with Crippen LogP contribution in [0.2, 0.25) is 10.0 Å². The molecule has 0 aliphatic carbocycles. The Balaban J connectivity index is 1.77. The van der Waals surface area contributed by atoms with Gasteiger partial charge in [0.2, 0.25) is 26.6 Å². The van der Waals surface area contributed by atoms with Crippen LogP contribution >= 0.6 is 23.2 Å². The smallest absolute Gasteiger partial charge is 0.234 e. The highest BCUT2D eigenvalue weighted by atomic mass is 35.5. The van der Waals surface area contributed by atoms with Crippen LogP contribution in [0.4, 0.5) is 5.88 Å². The molecule has 9 heteroatoms. The van der Waals surface area contributed by atoms with Crippen molar-refractivity contribution in [3.8, 4) is 11.5 Å². The number of sulfone groups is 1. The molecule has 148 valence electrons. The van der Waals surface area contributed by atoms with Gasteiger partial charge in [-0.1, -0.05) is 23.2 Å². The molecule has 2 heterocycles. The van der Waals surface area contributed by atoms with Crippen LogP contribution in [0, 0.1) is 0 Å². The van der Waals surface area contributed by atoms with Crippen molar-refractivity contribution >= 4 is 38.9 Å². The normalized spacial score (nSPS) is 11.5. The Kier molecular flexibility index (Phi) is 5.36. The third-order valence-corrected chi connectivity index (χ3v) is 6.25. The van der Waals surface area contributed by atoms with Crippen molar-refractivity contribution < 1.29 is 17.3 Å². The van der Waals surface area contributed by atoms with Crippen molar-refractivity contribution in [2.24, 2.45) is 0 Å². The molecule has 0 bridgehead atoms. The third kappa shape index (κ3) is 4.17. The van der Waals surface area contributed by atoms with Crippen molar-refractivity contribution in [2.75, 3.05) is 5.32 Å². The minimum absolute atomic E-state index is 0.0151. The highest BCUT2D eigenvalue weighted by molar-refractivity contribution is 7.91. The second kappa shape index (κ2) is 7.94. The molecule has 0 spiro atoms. The number of nitrogens with one attached hydrogen (secondary N) is 1. The first-order chi connectivity index (χ1) is 13.9. The quantitative estimate of drug-likeness (QED) is 0.407. The van der Waals surface area contributed by atoms with Crippen molar-refractivity contribution in [2.45, 2.75) is 16.5 Å². The van der Waals surface area contributed by atoms with Crippen LogP contribution in [-0.2, 0) is 16.4 Å². The van der Waals surface area contributed by atoms with Crippen LogP contribution in [0.25, 0.3) is 11.5 Å². The number of rotatable bonds is 6. The Morgan fingerprint density at radius 1 is 0.931 bits per heavy atom. The Bertz CT molecular complexity index is 1220. The zero-order chi connectivity index (χ0) is 20.4. The summed E-state index contributed by atoms with van der Waals surface area (Å²) in [5.41, 5.74) is 0.591. The van der Waals surface area contributed by atoms with E-state index in [1.165, 1.54) is 30.5 Å². The highest BCUT2D eigenvalue weighted by Gasteiger charge is 2.28. The number of hydrogen-bond donors (Lipinski definition) is 1. The second-order valence-electron chi connectivity index (χ2n) is 6.05. The van der Waals surface area contributed by atoms with Crippen LogP contribution < -0.4 is 5.32 Å². The first-order valence-electron chi connectivity index (χ1n) is 8.47. The summed E-state index contributed by atoms with van der Waals surface area (Å²) in [6.45, 7) is 0.228. The van der Waals surface area contributed by atoms with Crippen LogP contribution in [-0.4, -0.2) is 13.4 Å². The molecule has 0 aliphatic rings. The maximum absolute atomic E-state index is 13.2. The predicted octanol–water partition coefficient (Wildman–Crippen LogP) is 5.69. The van der Waals surface area contributed by atoms with E-state index in [-0.39, 0.29) is 28.2 Å². The molecule has 0 aliphatic heterocycles. The first-order valence-corrected chi connectivity index (χ1v) is 10.7. The standard InChI is InChI=1S/C20H14Cl2N2O4S/c21-14-5-3-13(4-6-14)18-24-20(19(28-18)23-12-16-2-1-11-27-16)29(25,26)17-9-7-15(22)8-10-17/h1-11,23H,12H2. The van der Waals surface area contributed by atoms with E-state index in [1.807, 2.05) is 0 Å². The molecule has 0 amide bonds. The molecule has 2 aromatic carbocycles. The molecule has 2 aromatic heterocycles. The SMILES string of the molecule is O=S(=O)(c1ccc(Cl)cc1)c1nc(-c2ccc(Cl)cc2)oc1NCc1ccco1. The molecule has 0 atom stereocenters. The maximum atomic E-state index is 13.2. The van der Waals surface area contributed by atoms with Gasteiger partial charge in [0.1, 0.15) is 5.76 Å². The number of halogens is 2. The van der Waals surface area contributed by atoms with Crippen molar-refractivity contribution in [3.63, 3.8) is 0 Å². The molecular formula is C20H14Cl2N2O4S. The van der Waals surface area contributed by atoms with E-state index in [9.17, 15) is 8.42 Å². The van der Waals surface area contributed by atoms with E-state index in [2.05, 4.69) is 10.3 Å². The molecule has 6 nitrogen and oxygen atoms in total. The van der Waals surface area contributed by atoms with Crippen LogP contribution in [0.15, 0.2) is 85.7 Å². The summed E-state index contributed by atoms with van der Waals surface area (Å²) < 4.78 is 37.4. The van der Waals surface area contributed by atoms with Crippen molar-refractivity contribution in [1.29, 1.82) is 0 Å². The lowest BCUT2D eigenvalue weighted by atomic mass is 10.2.